The number of nitrogens with zero attached hydrogens (tertiary/aromatic N) is 3. The number of rotatable bonds is 1. The number of aromatic nitrogens is 2. The Morgan fingerprint density at radius 3 is 2.86 bits per heavy atom. The Morgan fingerprint density at radius 1 is 1.57 bits per heavy atom. The molecule has 72 valence electrons. The highest BCUT2D eigenvalue weighted by Gasteiger charge is 2.13. The predicted molar refractivity (Wildman–Crippen MR) is 59.0 cm³/mol. The van der Waals surface area contributed by atoms with Crippen LogP contribution in [-0.4, -0.2) is 9.78 Å². The van der Waals surface area contributed by atoms with Gasteiger partial charge in [0.15, 0.2) is 0 Å². The van der Waals surface area contributed by atoms with Crippen LogP contribution < -0.4 is 0 Å². The van der Waals surface area contributed by atoms with Gasteiger partial charge in [0.2, 0.25) is 5.69 Å². The maximum absolute atomic E-state index is 7.08. The van der Waals surface area contributed by atoms with Gasteiger partial charge in [-0.25, -0.2) is 4.85 Å². The Balaban J connectivity index is 2.70. The summed E-state index contributed by atoms with van der Waals surface area (Å²) in [6.07, 6.45) is 2.02. The number of hydrogen-bond donors (Lipinski definition) is 0. The zero-order valence-corrected chi connectivity index (χ0v) is 9.22. The van der Waals surface area contributed by atoms with Gasteiger partial charge in [0.25, 0.3) is 0 Å². The van der Waals surface area contributed by atoms with E-state index < -0.39 is 0 Å². The summed E-state index contributed by atoms with van der Waals surface area (Å²) in [5, 5.41) is 4.42. The summed E-state index contributed by atoms with van der Waals surface area (Å²) in [6.45, 7) is 13.2. The molecule has 2 aromatic rings. The second-order valence-corrected chi connectivity index (χ2v) is 4.79. The third kappa shape index (κ3) is 1.21. The van der Waals surface area contributed by atoms with E-state index in [1.54, 1.807) is 11.3 Å². The van der Waals surface area contributed by atoms with Crippen molar-refractivity contribution in [2.75, 3.05) is 0 Å². The average molecular weight is 205 g/mol. The van der Waals surface area contributed by atoms with E-state index in [-0.39, 0.29) is 0 Å². The molecule has 0 bridgehead atoms. The van der Waals surface area contributed by atoms with Crippen molar-refractivity contribution in [3.05, 3.63) is 22.5 Å². The van der Waals surface area contributed by atoms with Crippen LogP contribution in [0.3, 0.4) is 0 Å². The summed E-state index contributed by atoms with van der Waals surface area (Å²) in [5.74, 6) is 0. The van der Waals surface area contributed by atoms with Crippen molar-refractivity contribution in [2.24, 2.45) is 0 Å². The fraction of sp³-hybridized carbons (Fsp3) is 0.400. The molecule has 0 fully saturated rings. The van der Waals surface area contributed by atoms with Crippen LogP contribution in [-0.2, 0) is 0 Å². The topological polar surface area (TPSA) is 22.2 Å². The average Bonchev–Trinajstić information content (AvgIpc) is 2.60. The minimum absolute atomic E-state index is 0.355. The van der Waals surface area contributed by atoms with Gasteiger partial charge in [-0.1, -0.05) is 0 Å². The van der Waals surface area contributed by atoms with Crippen LogP contribution in [0.25, 0.3) is 15.1 Å². The quantitative estimate of drug-likeness (QED) is 0.653. The second kappa shape index (κ2) is 3.10. The minimum Gasteiger partial charge on any atom is -0.269 e. The number of thiophene rings is 1. The first-order valence-corrected chi connectivity index (χ1v) is 5.31. The van der Waals surface area contributed by atoms with Gasteiger partial charge in [0, 0.05) is 17.1 Å². The van der Waals surface area contributed by atoms with Crippen molar-refractivity contribution in [1.29, 1.82) is 0 Å². The molecule has 2 rings (SSSR count). The molecule has 3 nitrogen and oxygen atoms in total. The fourth-order valence-electron chi connectivity index (χ4n) is 1.39. The van der Waals surface area contributed by atoms with Gasteiger partial charge in [-0.3, -0.25) is 4.68 Å². The monoisotopic (exact) mass is 205 g/mol. The van der Waals surface area contributed by atoms with Crippen LogP contribution in [0, 0.1) is 13.5 Å². The lowest BCUT2D eigenvalue weighted by Crippen LogP contribution is -2.00. The van der Waals surface area contributed by atoms with Gasteiger partial charge < -0.3 is 0 Å². The van der Waals surface area contributed by atoms with Gasteiger partial charge in [-0.15, -0.1) is 0 Å². The Bertz CT molecular complexity index is 513. The standard InChI is InChI=1S/C10H11N3S/c1-6(2)13-5-8-10(12-13)9(11-4)7(3)14-8/h5-6H,1-3H3. The molecule has 0 N–H and O–H groups in total. The van der Waals surface area contributed by atoms with Gasteiger partial charge in [0.05, 0.1) is 11.3 Å². The Kier molecular flexibility index (Phi) is 2.05. The second-order valence-electron chi connectivity index (χ2n) is 3.53. The van der Waals surface area contributed by atoms with E-state index in [4.69, 9.17) is 6.57 Å². The van der Waals surface area contributed by atoms with E-state index >= 15 is 0 Å². The zero-order valence-electron chi connectivity index (χ0n) is 8.40. The van der Waals surface area contributed by atoms with Crippen LogP contribution in [0.15, 0.2) is 6.20 Å². The molecule has 2 aromatic heterocycles. The van der Waals surface area contributed by atoms with Crippen LogP contribution >= 0.6 is 11.3 Å². The van der Waals surface area contributed by atoms with E-state index in [1.807, 2.05) is 17.8 Å². The van der Waals surface area contributed by atoms with Crippen molar-refractivity contribution >= 4 is 27.2 Å². The first kappa shape index (κ1) is 9.22. The van der Waals surface area contributed by atoms with Crippen LogP contribution in [0.4, 0.5) is 5.69 Å². The molecule has 0 saturated carbocycles. The SMILES string of the molecule is [C-]#[N+]c1c(C)sc2cn(C(C)C)nc12. The summed E-state index contributed by atoms with van der Waals surface area (Å²) in [6, 6.07) is 0.355. The predicted octanol–water partition coefficient (Wildman–Crippen LogP) is 3.54. The summed E-state index contributed by atoms with van der Waals surface area (Å²) in [7, 11) is 0. The van der Waals surface area contributed by atoms with Crippen LogP contribution in [0.2, 0.25) is 0 Å². The van der Waals surface area contributed by atoms with Crippen molar-refractivity contribution in [3.63, 3.8) is 0 Å². The van der Waals surface area contributed by atoms with Crippen LogP contribution in [0.1, 0.15) is 24.8 Å². The van der Waals surface area contributed by atoms with Crippen molar-refractivity contribution < 1.29 is 0 Å². The molecule has 0 aromatic carbocycles. The molecule has 0 saturated heterocycles. The summed E-state index contributed by atoms with van der Waals surface area (Å²) < 4.78 is 3.03. The molecule has 0 spiro atoms. The molecule has 0 radical (unpaired) electrons. The lowest BCUT2D eigenvalue weighted by molar-refractivity contribution is 0.538. The lowest BCUT2D eigenvalue weighted by atomic mass is 10.4. The Morgan fingerprint density at radius 2 is 2.29 bits per heavy atom. The van der Waals surface area contributed by atoms with Crippen molar-refractivity contribution in [1.82, 2.24) is 9.78 Å². The number of hydrogen-bond acceptors (Lipinski definition) is 2. The summed E-state index contributed by atoms with van der Waals surface area (Å²) in [5.41, 5.74) is 1.57. The molecule has 4 heteroatoms. The molecule has 2 heterocycles. The molecule has 14 heavy (non-hydrogen) atoms. The summed E-state index contributed by atoms with van der Waals surface area (Å²) >= 11 is 1.64. The van der Waals surface area contributed by atoms with E-state index in [2.05, 4.69) is 23.8 Å². The molecule has 0 unspecified atom stereocenters. The highest BCUT2D eigenvalue weighted by Crippen LogP contribution is 2.36. The smallest absolute Gasteiger partial charge is 0.228 e. The first-order chi connectivity index (χ1) is 6.63. The minimum atomic E-state index is 0.355. The molecular weight excluding hydrogens is 194 g/mol. The fourth-order valence-corrected chi connectivity index (χ4v) is 2.35. The van der Waals surface area contributed by atoms with Gasteiger partial charge in [0.1, 0.15) is 5.52 Å². The van der Waals surface area contributed by atoms with Crippen molar-refractivity contribution in [2.45, 2.75) is 26.8 Å². The van der Waals surface area contributed by atoms with E-state index in [0.717, 1.165) is 15.1 Å². The number of fused-ring (bicyclic) bond motifs is 1. The molecule has 0 amide bonds. The highest BCUT2D eigenvalue weighted by molar-refractivity contribution is 7.19. The Labute approximate surface area is 86.8 Å². The molecule has 0 aliphatic heterocycles. The Hall–Kier alpha value is -1.34. The molecule has 0 atom stereocenters. The number of aryl methyl sites for hydroxylation is 1. The van der Waals surface area contributed by atoms with Crippen LogP contribution in [0.5, 0.6) is 0 Å². The van der Waals surface area contributed by atoms with E-state index in [0.29, 0.717) is 11.7 Å². The van der Waals surface area contributed by atoms with E-state index in [1.165, 1.54) is 0 Å². The lowest BCUT2D eigenvalue weighted by Gasteiger charge is -2.02. The largest absolute Gasteiger partial charge is 0.269 e. The van der Waals surface area contributed by atoms with Crippen molar-refractivity contribution in [3.8, 4) is 0 Å². The maximum atomic E-state index is 7.08. The third-order valence-corrected chi connectivity index (χ3v) is 3.18. The summed E-state index contributed by atoms with van der Waals surface area (Å²) in [4.78, 5) is 4.58. The van der Waals surface area contributed by atoms with Gasteiger partial charge in [-0.05, 0) is 20.8 Å². The molecule has 0 aliphatic rings. The zero-order chi connectivity index (χ0) is 10.3. The maximum Gasteiger partial charge on any atom is 0.228 e. The van der Waals surface area contributed by atoms with Gasteiger partial charge >= 0.3 is 0 Å². The van der Waals surface area contributed by atoms with Gasteiger partial charge in [-0.2, -0.15) is 16.4 Å². The third-order valence-electron chi connectivity index (χ3n) is 2.16. The normalized spacial score (nSPS) is 11.1. The molecule has 0 aliphatic carbocycles. The van der Waals surface area contributed by atoms with E-state index in [9.17, 15) is 0 Å². The molecular formula is C10H11N3S. The highest BCUT2D eigenvalue weighted by atomic mass is 32.1. The first-order valence-electron chi connectivity index (χ1n) is 4.49.